The van der Waals surface area contributed by atoms with Gasteiger partial charge in [0, 0.05) is 0 Å². The van der Waals surface area contributed by atoms with Crippen molar-refractivity contribution in [3.8, 4) is 0 Å². The molecule has 2 rings (SSSR count). The molecule has 18 heavy (non-hydrogen) atoms. The molecule has 0 spiro atoms. The first kappa shape index (κ1) is 13.3. The molecule has 3 nitrogen and oxygen atoms in total. The number of rotatable bonds is 4. The lowest BCUT2D eigenvalue weighted by atomic mass is 9.71. The number of aldehydes is 1. The van der Waals surface area contributed by atoms with Gasteiger partial charge >= 0.3 is 0 Å². The van der Waals surface area contributed by atoms with E-state index in [0.717, 1.165) is 24.9 Å². The maximum atomic E-state index is 10.5. The maximum absolute atomic E-state index is 10.5. The van der Waals surface area contributed by atoms with Crippen LogP contribution in [0, 0.1) is 11.3 Å². The molecule has 2 atom stereocenters. The molecule has 1 saturated carbocycles. The lowest BCUT2D eigenvalue weighted by Gasteiger charge is -2.38. The van der Waals surface area contributed by atoms with Gasteiger partial charge < -0.3 is 9.15 Å². The molecular formula is C15H22O3. The second kappa shape index (κ2) is 5.27. The van der Waals surface area contributed by atoms with Gasteiger partial charge in [-0.3, -0.25) is 4.79 Å². The Hall–Kier alpha value is -1.09. The Kier molecular flexibility index (Phi) is 3.91. The number of furan rings is 1. The summed E-state index contributed by atoms with van der Waals surface area (Å²) < 4.78 is 11.2. The van der Waals surface area contributed by atoms with E-state index >= 15 is 0 Å². The number of hydrogen-bond acceptors (Lipinski definition) is 3. The van der Waals surface area contributed by atoms with Crippen molar-refractivity contribution >= 4 is 6.29 Å². The van der Waals surface area contributed by atoms with Crippen molar-refractivity contribution in [3.63, 3.8) is 0 Å². The zero-order valence-corrected chi connectivity index (χ0v) is 11.4. The first-order valence-electron chi connectivity index (χ1n) is 6.64. The van der Waals surface area contributed by atoms with Crippen LogP contribution in [0.5, 0.6) is 0 Å². The molecule has 1 aliphatic rings. The molecule has 1 aromatic heterocycles. The SMILES string of the molecule is CC1CC(OCc2ccc(C=O)o2)CC(C)(C)C1. The Morgan fingerprint density at radius 2 is 2.22 bits per heavy atom. The van der Waals surface area contributed by atoms with Gasteiger partial charge in [-0.05, 0) is 42.7 Å². The topological polar surface area (TPSA) is 39.4 Å². The van der Waals surface area contributed by atoms with Crippen LogP contribution in [0.4, 0.5) is 0 Å². The van der Waals surface area contributed by atoms with Crippen molar-refractivity contribution in [1.29, 1.82) is 0 Å². The fourth-order valence-electron chi connectivity index (χ4n) is 3.12. The van der Waals surface area contributed by atoms with Crippen LogP contribution in [0.3, 0.4) is 0 Å². The summed E-state index contributed by atoms with van der Waals surface area (Å²) in [5, 5.41) is 0. The molecule has 0 saturated heterocycles. The third-order valence-corrected chi connectivity index (χ3v) is 3.61. The summed E-state index contributed by atoms with van der Waals surface area (Å²) in [6.45, 7) is 7.35. The lowest BCUT2D eigenvalue weighted by molar-refractivity contribution is -0.0369. The van der Waals surface area contributed by atoms with Crippen LogP contribution in [-0.4, -0.2) is 12.4 Å². The van der Waals surface area contributed by atoms with Crippen molar-refractivity contribution in [1.82, 2.24) is 0 Å². The van der Waals surface area contributed by atoms with E-state index in [1.807, 2.05) is 0 Å². The summed E-state index contributed by atoms with van der Waals surface area (Å²) in [5.41, 5.74) is 0.361. The van der Waals surface area contributed by atoms with Gasteiger partial charge in [0.25, 0.3) is 0 Å². The Bertz CT molecular complexity index is 406. The summed E-state index contributed by atoms with van der Waals surface area (Å²) in [5.74, 6) is 1.81. The highest BCUT2D eigenvalue weighted by atomic mass is 16.5. The van der Waals surface area contributed by atoms with Crippen molar-refractivity contribution in [2.75, 3.05) is 0 Å². The van der Waals surface area contributed by atoms with Gasteiger partial charge in [-0.1, -0.05) is 20.8 Å². The highest BCUT2D eigenvalue weighted by Gasteiger charge is 2.32. The van der Waals surface area contributed by atoms with E-state index in [2.05, 4.69) is 20.8 Å². The molecule has 0 bridgehead atoms. The number of carbonyl (C=O) groups excluding carboxylic acids is 1. The zero-order valence-electron chi connectivity index (χ0n) is 11.4. The predicted octanol–water partition coefficient (Wildman–Crippen LogP) is 3.82. The van der Waals surface area contributed by atoms with Crippen molar-refractivity contribution in [2.24, 2.45) is 11.3 Å². The first-order valence-corrected chi connectivity index (χ1v) is 6.64. The Morgan fingerprint density at radius 1 is 1.44 bits per heavy atom. The number of ether oxygens (including phenoxy) is 1. The van der Waals surface area contributed by atoms with Gasteiger partial charge in [-0.25, -0.2) is 0 Å². The highest BCUT2D eigenvalue weighted by molar-refractivity contribution is 5.70. The minimum Gasteiger partial charge on any atom is -0.456 e. The van der Waals surface area contributed by atoms with Crippen LogP contribution >= 0.6 is 0 Å². The molecule has 1 heterocycles. The van der Waals surface area contributed by atoms with Crippen molar-refractivity contribution in [3.05, 3.63) is 23.7 Å². The summed E-state index contributed by atoms with van der Waals surface area (Å²) in [6.07, 6.45) is 4.50. The second-order valence-electron chi connectivity index (χ2n) is 6.27. The molecule has 3 heteroatoms. The Morgan fingerprint density at radius 3 is 2.83 bits per heavy atom. The van der Waals surface area contributed by atoms with Crippen LogP contribution in [-0.2, 0) is 11.3 Å². The average Bonchev–Trinajstić information content (AvgIpc) is 2.71. The van der Waals surface area contributed by atoms with Crippen LogP contribution in [0.1, 0.15) is 56.3 Å². The lowest BCUT2D eigenvalue weighted by Crippen LogP contribution is -2.32. The second-order valence-corrected chi connectivity index (χ2v) is 6.27. The molecule has 2 unspecified atom stereocenters. The van der Waals surface area contributed by atoms with Gasteiger partial charge in [-0.15, -0.1) is 0 Å². The van der Waals surface area contributed by atoms with Gasteiger partial charge in [0.1, 0.15) is 12.4 Å². The zero-order chi connectivity index (χ0) is 13.2. The standard InChI is InChI=1S/C15H22O3/c1-11-6-14(8-15(2,3)7-11)17-10-13-5-4-12(9-16)18-13/h4-5,9,11,14H,6-8,10H2,1-3H3. The quantitative estimate of drug-likeness (QED) is 0.762. The largest absolute Gasteiger partial charge is 0.456 e. The van der Waals surface area contributed by atoms with Crippen LogP contribution in [0.2, 0.25) is 0 Å². The van der Waals surface area contributed by atoms with Crippen LogP contribution < -0.4 is 0 Å². The molecule has 1 aliphatic carbocycles. The molecule has 0 N–H and O–H groups in total. The predicted molar refractivity (Wildman–Crippen MR) is 69.5 cm³/mol. The van der Waals surface area contributed by atoms with E-state index in [1.54, 1.807) is 12.1 Å². The van der Waals surface area contributed by atoms with E-state index < -0.39 is 0 Å². The molecule has 0 amide bonds. The van der Waals surface area contributed by atoms with E-state index in [0.29, 0.717) is 29.8 Å². The first-order chi connectivity index (χ1) is 8.48. The Balaban J connectivity index is 1.87. The van der Waals surface area contributed by atoms with E-state index in [4.69, 9.17) is 9.15 Å². The number of hydrogen-bond donors (Lipinski definition) is 0. The van der Waals surface area contributed by atoms with Gasteiger partial charge in [0.05, 0.1) is 6.10 Å². The third kappa shape index (κ3) is 3.45. The van der Waals surface area contributed by atoms with Crippen LogP contribution in [0.15, 0.2) is 16.5 Å². The molecule has 0 aliphatic heterocycles. The van der Waals surface area contributed by atoms with Gasteiger partial charge in [-0.2, -0.15) is 0 Å². The summed E-state index contributed by atoms with van der Waals surface area (Å²) in [4.78, 5) is 10.5. The normalized spacial score (nSPS) is 27.1. The van der Waals surface area contributed by atoms with Gasteiger partial charge in [0.15, 0.2) is 12.0 Å². The average molecular weight is 250 g/mol. The highest BCUT2D eigenvalue weighted by Crippen LogP contribution is 2.39. The van der Waals surface area contributed by atoms with E-state index in [-0.39, 0.29) is 0 Å². The maximum Gasteiger partial charge on any atom is 0.185 e. The summed E-state index contributed by atoms with van der Waals surface area (Å²) in [7, 11) is 0. The van der Waals surface area contributed by atoms with E-state index in [1.165, 1.54) is 6.42 Å². The smallest absolute Gasteiger partial charge is 0.185 e. The molecular weight excluding hydrogens is 228 g/mol. The summed E-state index contributed by atoms with van der Waals surface area (Å²) >= 11 is 0. The third-order valence-electron chi connectivity index (χ3n) is 3.61. The molecule has 0 radical (unpaired) electrons. The van der Waals surface area contributed by atoms with Crippen molar-refractivity contribution < 1.29 is 13.9 Å². The molecule has 0 aromatic carbocycles. The van der Waals surface area contributed by atoms with Crippen molar-refractivity contribution in [2.45, 2.75) is 52.7 Å². The van der Waals surface area contributed by atoms with Gasteiger partial charge in [0.2, 0.25) is 0 Å². The Labute approximate surface area is 109 Å². The fraction of sp³-hybridized carbons (Fsp3) is 0.667. The minimum absolute atomic E-state index is 0.300. The number of carbonyl (C=O) groups is 1. The molecule has 100 valence electrons. The monoisotopic (exact) mass is 250 g/mol. The van der Waals surface area contributed by atoms with E-state index in [9.17, 15) is 4.79 Å². The molecule has 1 fully saturated rings. The fourth-order valence-corrected chi connectivity index (χ4v) is 3.12. The molecule has 1 aromatic rings. The minimum atomic E-state index is 0.300. The van der Waals surface area contributed by atoms with Crippen LogP contribution in [0.25, 0.3) is 0 Å². The summed E-state index contributed by atoms with van der Waals surface area (Å²) in [6, 6.07) is 3.49.